The Morgan fingerprint density at radius 3 is 2.90 bits per heavy atom. The van der Waals surface area contributed by atoms with Crippen LogP contribution in [0.2, 0.25) is 5.28 Å². The van der Waals surface area contributed by atoms with Gasteiger partial charge in [-0.05, 0) is 37.6 Å². The molecule has 6 heteroatoms. The molecule has 20 heavy (non-hydrogen) atoms. The highest BCUT2D eigenvalue weighted by atomic mass is 35.5. The summed E-state index contributed by atoms with van der Waals surface area (Å²) in [6, 6.07) is 7.07. The van der Waals surface area contributed by atoms with Gasteiger partial charge in [0.1, 0.15) is 5.82 Å². The second-order valence-electron chi connectivity index (χ2n) is 4.06. The predicted molar refractivity (Wildman–Crippen MR) is 77.5 cm³/mol. The van der Waals surface area contributed by atoms with E-state index in [2.05, 4.69) is 15.3 Å². The second-order valence-corrected chi connectivity index (χ2v) is 4.40. The van der Waals surface area contributed by atoms with Crippen LogP contribution in [0.3, 0.4) is 0 Å². The molecule has 1 N–H and O–H groups in total. The summed E-state index contributed by atoms with van der Waals surface area (Å²) in [4.78, 5) is 19.9. The van der Waals surface area contributed by atoms with Crippen LogP contribution in [-0.2, 0) is 4.74 Å². The molecule has 0 spiro atoms. The third kappa shape index (κ3) is 3.24. The number of carbonyl (C=O) groups is 1. The molecule has 104 valence electrons. The lowest BCUT2D eigenvalue weighted by Gasteiger charge is -2.12. The number of aromatic nitrogens is 2. The zero-order valence-electron chi connectivity index (χ0n) is 11.2. The van der Waals surface area contributed by atoms with Crippen LogP contribution in [0.5, 0.6) is 0 Å². The molecule has 2 aromatic rings. The Kier molecular flexibility index (Phi) is 4.53. The molecule has 0 saturated heterocycles. The first-order valence-electron chi connectivity index (χ1n) is 6.14. The maximum Gasteiger partial charge on any atom is 0.340 e. The third-order valence-corrected chi connectivity index (χ3v) is 2.80. The first-order valence-corrected chi connectivity index (χ1v) is 6.52. The lowest BCUT2D eigenvalue weighted by Crippen LogP contribution is -2.08. The molecule has 5 nitrogen and oxygen atoms in total. The molecule has 1 aromatic heterocycles. The fourth-order valence-corrected chi connectivity index (χ4v) is 1.79. The van der Waals surface area contributed by atoms with Crippen molar-refractivity contribution in [3.8, 4) is 0 Å². The molecule has 0 unspecified atom stereocenters. The maximum atomic E-state index is 11.9. The van der Waals surface area contributed by atoms with Crippen LogP contribution >= 0.6 is 11.6 Å². The number of ether oxygens (including phenoxy) is 1. The van der Waals surface area contributed by atoms with Gasteiger partial charge in [0.25, 0.3) is 0 Å². The smallest absolute Gasteiger partial charge is 0.340 e. The number of carbonyl (C=O) groups excluding carboxylic acids is 1. The van der Waals surface area contributed by atoms with Gasteiger partial charge in [-0.3, -0.25) is 0 Å². The molecule has 2 rings (SSSR count). The lowest BCUT2D eigenvalue weighted by atomic mass is 10.1. The van der Waals surface area contributed by atoms with Gasteiger partial charge in [0.05, 0.1) is 17.9 Å². The van der Waals surface area contributed by atoms with Gasteiger partial charge in [-0.25, -0.2) is 14.8 Å². The summed E-state index contributed by atoms with van der Waals surface area (Å²) < 4.78 is 5.02. The molecule has 0 atom stereocenters. The van der Waals surface area contributed by atoms with Gasteiger partial charge < -0.3 is 10.1 Å². The molecule has 0 bridgehead atoms. The number of esters is 1. The molecule has 0 saturated carbocycles. The van der Waals surface area contributed by atoms with Gasteiger partial charge >= 0.3 is 5.97 Å². The second kappa shape index (κ2) is 6.34. The zero-order chi connectivity index (χ0) is 14.5. The van der Waals surface area contributed by atoms with E-state index in [1.165, 1.54) is 0 Å². The minimum absolute atomic E-state index is 0.145. The first kappa shape index (κ1) is 14.3. The topological polar surface area (TPSA) is 64.1 Å². The summed E-state index contributed by atoms with van der Waals surface area (Å²) >= 11 is 5.78. The minimum atomic E-state index is -0.381. The van der Waals surface area contributed by atoms with E-state index in [4.69, 9.17) is 16.3 Å². The van der Waals surface area contributed by atoms with Gasteiger partial charge in [0, 0.05) is 11.8 Å². The van der Waals surface area contributed by atoms with Crippen molar-refractivity contribution in [1.29, 1.82) is 0 Å². The monoisotopic (exact) mass is 291 g/mol. The van der Waals surface area contributed by atoms with Crippen LogP contribution in [-0.4, -0.2) is 22.5 Å². The van der Waals surface area contributed by atoms with E-state index in [1.54, 1.807) is 31.3 Å². The zero-order valence-corrected chi connectivity index (χ0v) is 11.9. The Bertz CT molecular complexity index is 632. The van der Waals surface area contributed by atoms with Crippen LogP contribution in [0.25, 0.3) is 0 Å². The number of rotatable bonds is 4. The number of anilines is 2. The van der Waals surface area contributed by atoms with E-state index in [1.807, 2.05) is 13.0 Å². The van der Waals surface area contributed by atoms with Crippen LogP contribution in [0, 0.1) is 6.92 Å². The van der Waals surface area contributed by atoms with Crippen LogP contribution in [0.4, 0.5) is 11.5 Å². The summed E-state index contributed by atoms with van der Waals surface area (Å²) in [7, 11) is 0. The quantitative estimate of drug-likeness (QED) is 0.691. The van der Waals surface area contributed by atoms with Crippen molar-refractivity contribution in [3.05, 3.63) is 46.9 Å². The highest BCUT2D eigenvalue weighted by Crippen LogP contribution is 2.23. The Morgan fingerprint density at radius 2 is 2.15 bits per heavy atom. The number of nitrogens with one attached hydrogen (secondary N) is 1. The number of benzene rings is 1. The maximum absolute atomic E-state index is 11.9. The van der Waals surface area contributed by atoms with Crippen molar-refractivity contribution in [2.24, 2.45) is 0 Å². The van der Waals surface area contributed by atoms with Crippen molar-refractivity contribution < 1.29 is 9.53 Å². The molecule has 0 fully saturated rings. The highest BCUT2D eigenvalue weighted by Gasteiger charge is 2.13. The summed E-state index contributed by atoms with van der Waals surface area (Å²) in [5.41, 5.74) is 1.89. The first-order chi connectivity index (χ1) is 9.61. The number of aryl methyl sites for hydroxylation is 1. The molecule has 0 aliphatic carbocycles. The Morgan fingerprint density at radius 1 is 1.40 bits per heavy atom. The normalized spacial score (nSPS) is 10.2. The van der Waals surface area contributed by atoms with E-state index in [9.17, 15) is 4.79 Å². The van der Waals surface area contributed by atoms with Crippen LogP contribution in [0.1, 0.15) is 22.8 Å². The summed E-state index contributed by atoms with van der Waals surface area (Å²) in [5, 5.41) is 3.23. The van der Waals surface area contributed by atoms with Gasteiger partial charge in [-0.1, -0.05) is 12.1 Å². The summed E-state index contributed by atoms with van der Waals surface area (Å²) in [6.45, 7) is 3.94. The molecular weight excluding hydrogens is 278 g/mol. The van der Waals surface area contributed by atoms with Gasteiger partial charge in [0.2, 0.25) is 5.28 Å². The van der Waals surface area contributed by atoms with E-state index < -0.39 is 0 Å². The molecule has 0 aliphatic rings. The van der Waals surface area contributed by atoms with E-state index in [0.717, 1.165) is 5.56 Å². The van der Waals surface area contributed by atoms with E-state index in [0.29, 0.717) is 23.7 Å². The molecule has 0 aliphatic heterocycles. The molecule has 1 aromatic carbocycles. The minimum Gasteiger partial charge on any atom is -0.462 e. The highest BCUT2D eigenvalue weighted by molar-refractivity contribution is 6.28. The van der Waals surface area contributed by atoms with Crippen LogP contribution in [0.15, 0.2) is 30.5 Å². The van der Waals surface area contributed by atoms with Gasteiger partial charge in [-0.2, -0.15) is 0 Å². The number of para-hydroxylation sites is 1. The van der Waals surface area contributed by atoms with Crippen molar-refractivity contribution in [1.82, 2.24) is 9.97 Å². The predicted octanol–water partition coefficient (Wildman–Crippen LogP) is 3.36. The fraction of sp³-hybridized carbons (Fsp3) is 0.214. The Labute approximate surface area is 122 Å². The van der Waals surface area contributed by atoms with Crippen molar-refractivity contribution in [2.75, 3.05) is 11.9 Å². The average Bonchev–Trinajstić information content (AvgIpc) is 2.44. The SMILES string of the molecule is CCOC(=O)c1ccccc1Nc1nc(Cl)ncc1C. The van der Waals surface area contributed by atoms with Crippen molar-refractivity contribution in [2.45, 2.75) is 13.8 Å². The molecular formula is C14H14ClN3O2. The van der Waals surface area contributed by atoms with Crippen LogP contribution < -0.4 is 5.32 Å². The van der Waals surface area contributed by atoms with E-state index >= 15 is 0 Å². The average molecular weight is 292 g/mol. The van der Waals surface area contributed by atoms with Gasteiger partial charge in [-0.15, -0.1) is 0 Å². The van der Waals surface area contributed by atoms with Crippen molar-refractivity contribution in [3.63, 3.8) is 0 Å². The Balaban J connectivity index is 2.34. The summed E-state index contributed by atoms with van der Waals surface area (Å²) in [6.07, 6.45) is 1.62. The largest absolute Gasteiger partial charge is 0.462 e. The summed E-state index contributed by atoms with van der Waals surface area (Å²) in [5.74, 6) is 0.176. The number of nitrogens with zero attached hydrogens (tertiary/aromatic N) is 2. The number of halogens is 1. The third-order valence-electron chi connectivity index (χ3n) is 2.62. The number of hydrogen-bond donors (Lipinski definition) is 1. The van der Waals surface area contributed by atoms with E-state index in [-0.39, 0.29) is 11.3 Å². The number of hydrogen-bond acceptors (Lipinski definition) is 5. The van der Waals surface area contributed by atoms with Crippen molar-refractivity contribution >= 4 is 29.1 Å². The van der Waals surface area contributed by atoms with Gasteiger partial charge in [0.15, 0.2) is 0 Å². The fourth-order valence-electron chi connectivity index (χ4n) is 1.65. The lowest BCUT2D eigenvalue weighted by molar-refractivity contribution is 0.0527. The standard InChI is InChI=1S/C14H14ClN3O2/c1-3-20-13(19)10-6-4-5-7-11(10)17-12-9(2)8-16-14(15)18-12/h4-8H,3H2,1-2H3,(H,16,17,18). The Hall–Kier alpha value is -2.14. The molecule has 1 heterocycles. The molecule has 0 radical (unpaired) electrons. The molecule has 0 amide bonds.